The van der Waals surface area contributed by atoms with Gasteiger partial charge < -0.3 is 9.64 Å². The second-order valence-electron chi connectivity index (χ2n) is 7.89. The quantitative estimate of drug-likeness (QED) is 0.630. The van der Waals surface area contributed by atoms with E-state index >= 15 is 0 Å². The second kappa shape index (κ2) is 10.2. The Morgan fingerprint density at radius 1 is 1.19 bits per heavy atom. The number of rotatable bonds is 8. The molecule has 166 valence electrons. The molecule has 8 heteroatoms. The van der Waals surface area contributed by atoms with Gasteiger partial charge in [-0.25, -0.2) is 9.97 Å². The molecule has 1 aliphatic rings. The zero-order valence-corrected chi connectivity index (χ0v) is 18.6. The normalized spacial score (nSPS) is 18.6. The van der Waals surface area contributed by atoms with Crippen molar-refractivity contribution in [2.24, 2.45) is 5.92 Å². The van der Waals surface area contributed by atoms with Crippen LogP contribution in [0.4, 0.5) is 5.95 Å². The number of benzene rings is 1. The van der Waals surface area contributed by atoms with E-state index in [1.54, 1.807) is 7.11 Å². The van der Waals surface area contributed by atoms with Crippen molar-refractivity contribution in [3.8, 4) is 5.75 Å². The van der Waals surface area contributed by atoms with E-state index in [1.807, 2.05) is 49.1 Å². The molecule has 8 nitrogen and oxygen atoms in total. The maximum absolute atomic E-state index is 13.2. The van der Waals surface area contributed by atoms with Gasteiger partial charge in [-0.1, -0.05) is 25.5 Å². The summed E-state index contributed by atoms with van der Waals surface area (Å²) in [7, 11) is 1.61. The van der Waals surface area contributed by atoms with Crippen LogP contribution < -0.4 is 15.6 Å². The number of nitrogens with zero attached hydrogens (tertiary/aromatic N) is 3. The van der Waals surface area contributed by atoms with Gasteiger partial charge in [-0.15, -0.1) is 0 Å². The van der Waals surface area contributed by atoms with Crippen LogP contribution in [0, 0.1) is 19.8 Å². The highest BCUT2D eigenvalue weighted by molar-refractivity contribution is 5.85. The van der Waals surface area contributed by atoms with Gasteiger partial charge >= 0.3 is 0 Å². The summed E-state index contributed by atoms with van der Waals surface area (Å²) in [4.78, 5) is 36.4. The maximum Gasteiger partial charge on any atom is 0.243 e. The molecule has 1 fully saturated rings. The SMILES string of the molecule is CCCCN1C(=O)CC[C@H](C(=O)NNc2nc(C)cc(C)n2)[C@@H]1c1ccc(OC)cc1. The van der Waals surface area contributed by atoms with Crippen LogP contribution in [-0.2, 0) is 9.59 Å². The van der Waals surface area contributed by atoms with Crippen molar-refractivity contribution >= 4 is 17.8 Å². The van der Waals surface area contributed by atoms with Gasteiger partial charge in [0.05, 0.1) is 19.1 Å². The lowest BCUT2D eigenvalue weighted by atomic mass is 9.83. The molecule has 1 aliphatic heterocycles. The molecular weight excluding hydrogens is 394 g/mol. The second-order valence-corrected chi connectivity index (χ2v) is 7.89. The molecule has 2 heterocycles. The number of aromatic nitrogens is 2. The minimum absolute atomic E-state index is 0.0870. The molecule has 0 bridgehead atoms. The van der Waals surface area contributed by atoms with E-state index in [1.165, 1.54) is 0 Å². The average Bonchev–Trinajstić information content (AvgIpc) is 2.76. The van der Waals surface area contributed by atoms with Gasteiger partial charge in [-0.05, 0) is 50.5 Å². The van der Waals surface area contributed by atoms with E-state index in [0.717, 1.165) is 35.5 Å². The minimum Gasteiger partial charge on any atom is -0.497 e. The van der Waals surface area contributed by atoms with Crippen molar-refractivity contribution in [2.75, 3.05) is 19.1 Å². The third-order valence-corrected chi connectivity index (χ3v) is 5.53. The van der Waals surface area contributed by atoms with Gasteiger partial charge in [0, 0.05) is 24.4 Å². The van der Waals surface area contributed by atoms with Crippen LogP contribution >= 0.6 is 0 Å². The number of unbranched alkanes of at least 4 members (excludes halogenated alkanes) is 1. The van der Waals surface area contributed by atoms with Gasteiger partial charge in [0.25, 0.3) is 0 Å². The highest BCUT2D eigenvalue weighted by atomic mass is 16.5. The number of aryl methyl sites for hydroxylation is 2. The van der Waals surface area contributed by atoms with E-state index in [2.05, 4.69) is 27.7 Å². The number of likely N-dealkylation sites (tertiary alicyclic amines) is 1. The number of amides is 2. The summed E-state index contributed by atoms with van der Waals surface area (Å²) in [5.41, 5.74) is 8.15. The standard InChI is InChI=1S/C23H31N5O3/c1-5-6-13-28-20(29)12-11-19(21(28)17-7-9-18(31-4)10-8-17)22(30)26-27-23-24-15(2)14-16(3)25-23/h7-10,14,19,21H,5-6,11-13H2,1-4H3,(H,26,30)(H,24,25,27)/t19-,21-/m0/s1. The highest BCUT2D eigenvalue weighted by Gasteiger charge is 2.40. The van der Waals surface area contributed by atoms with Crippen LogP contribution in [-0.4, -0.2) is 40.3 Å². The number of piperidine rings is 1. The minimum atomic E-state index is -0.388. The van der Waals surface area contributed by atoms with Gasteiger partial charge in [-0.2, -0.15) is 0 Å². The molecule has 0 spiro atoms. The molecule has 2 amide bonds. The summed E-state index contributed by atoms with van der Waals surface area (Å²) in [5, 5.41) is 0. The molecule has 0 aliphatic carbocycles. The number of hydrazine groups is 1. The largest absolute Gasteiger partial charge is 0.497 e. The Morgan fingerprint density at radius 2 is 1.87 bits per heavy atom. The van der Waals surface area contributed by atoms with E-state index < -0.39 is 0 Å². The Bertz CT molecular complexity index is 896. The van der Waals surface area contributed by atoms with Crippen molar-refractivity contribution in [2.45, 2.75) is 52.5 Å². The number of methoxy groups -OCH3 is 1. The fourth-order valence-electron chi connectivity index (χ4n) is 4.02. The van der Waals surface area contributed by atoms with Gasteiger partial charge in [-0.3, -0.25) is 20.4 Å². The molecule has 1 aromatic carbocycles. The molecule has 2 N–H and O–H groups in total. The number of anilines is 1. The van der Waals surface area contributed by atoms with Crippen LogP contribution in [0.5, 0.6) is 5.75 Å². The summed E-state index contributed by atoms with van der Waals surface area (Å²) in [6, 6.07) is 9.13. The zero-order chi connectivity index (χ0) is 22.4. The lowest BCUT2D eigenvalue weighted by Crippen LogP contribution is -2.49. The third-order valence-electron chi connectivity index (χ3n) is 5.53. The van der Waals surface area contributed by atoms with Crippen LogP contribution in [0.1, 0.15) is 55.6 Å². The Hall–Kier alpha value is -3.16. The monoisotopic (exact) mass is 425 g/mol. The van der Waals surface area contributed by atoms with Crippen LogP contribution in [0.15, 0.2) is 30.3 Å². The van der Waals surface area contributed by atoms with E-state index in [-0.39, 0.29) is 23.8 Å². The first kappa shape index (κ1) is 22.5. The average molecular weight is 426 g/mol. The molecule has 1 aromatic heterocycles. The number of hydrogen-bond donors (Lipinski definition) is 2. The van der Waals surface area contributed by atoms with Crippen LogP contribution in [0.25, 0.3) is 0 Å². The Labute approximate surface area is 183 Å². The lowest BCUT2D eigenvalue weighted by molar-refractivity contribution is -0.143. The fourth-order valence-corrected chi connectivity index (χ4v) is 4.02. The number of ether oxygens (including phenoxy) is 1. The van der Waals surface area contributed by atoms with Gasteiger partial charge in [0.15, 0.2) is 0 Å². The number of hydrogen-bond acceptors (Lipinski definition) is 6. The summed E-state index contributed by atoms with van der Waals surface area (Å²) >= 11 is 0. The molecule has 3 rings (SSSR count). The van der Waals surface area contributed by atoms with E-state index in [4.69, 9.17) is 4.74 Å². The topological polar surface area (TPSA) is 96.5 Å². The van der Waals surface area contributed by atoms with Crippen molar-refractivity contribution < 1.29 is 14.3 Å². The van der Waals surface area contributed by atoms with E-state index in [0.29, 0.717) is 25.3 Å². The summed E-state index contributed by atoms with van der Waals surface area (Å²) in [6.45, 7) is 6.47. The van der Waals surface area contributed by atoms with Crippen molar-refractivity contribution in [3.05, 3.63) is 47.3 Å². The molecule has 0 radical (unpaired) electrons. The Morgan fingerprint density at radius 3 is 2.48 bits per heavy atom. The molecule has 31 heavy (non-hydrogen) atoms. The molecule has 2 atom stereocenters. The zero-order valence-electron chi connectivity index (χ0n) is 18.6. The molecule has 0 saturated carbocycles. The molecular formula is C23H31N5O3. The smallest absolute Gasteiger partial charge is 0.243 e. The number of nitrogens with one attached hydrogen (secondary N) is 2. The first-order chi connectivity index (χ1) is 14.9. The Balaban J connectivity index is 1.83. The highest BCUT2D eigenvalue weighted by Crippen LogP contribution is 2.37. The van der Waals surface area contributed by atoms with Crippen molar-refractivity contribution in [3.63, 3.8) is 0 Å². The lowest BCUT2D eigenvalue weighted by Gasteiger charge is -2.41. The molecule has 0 unspecified atom stereocenters. The van der Waals surface area contributed by atoms with Crippen LogP contribution in [0.3, 0.4) is 0 Å². The van der Waals surface area contributed by atoms with Crippen molar-refractivity contribution in [1.29, 1.82) is 0 Å². The number of carbonyl (C=O) groups excluding carboxylic acids is 2. The van der Waals surface area contributed by atoms with Crippen LogP contribution in [0.2, 0.25) is 0 Å². The van der Waals surface area contributed by atoms with Gasteiger partial charge in [0.1, 0.15) is 5.75 Å². The molecule has 2 aromatic rings. The Kier molecular flexibility index (Phi) is 7.44. The van der Waals surface area contributed by atoms with E-state index in [9.17, 15) is 9.59 Å². The van der Waals surface area contributed by atoms with Gasteiger partial charge in [0.2, 0.25) is 17.8 Å². The summed E-state index contributed by atoms with van der Waals surface area (Å²) in [6.07, 6.45) is 2.71. The fraction of sp³-hybridized carbons (Fsp3) is 0.478. The predicted octanol–water partition coefficient (Wildman–Crippen LogP) is 3.33. The first-order valence-corrected chi connectivity index (χ1v) is 10.7. The third kappa shape index (κ3) is 5.51. The summed E-state index contributed by atoms with van der Waals surface area (Å²) in [5.74, 6) is 0.602. The van der Waals surface area contributed by atoms with Crippen molar-refractivity contribution in [1.82, 2.24) is 20.3 Å². The predicted molar refractivity (Wildman–Crippen MR) is 118 cm³/mol. The first-order valence-electron chi connectivity index (χ1n) is 10.7. The maximum atomic E-state index is 13.2. The summed E-state index contributed by atoms with van der Waals surface area (Å²) < 4.78 is 5.27. The molecule has 1 saturated heterocycles. The number of carbonyl (C=O) groups is 2.